The highest BCUT2D eigenvalue weighted by Crippen LogP contribution is 2.15. The number of carbonyl (C=O) groups is 1. The maximum Gasteiger partial charge on any atom is 0.260 e. The van der Waals surface area contributed by atoms with Crippen molar-refractivity contribution >= 4 is 22.7 Å². The molecule has 0 aliphatic heterocycles. The van der Waals surface area contributed by atoms with E-state index in [-0.39, 0.29) is 12.5 Å². The number of para-hydroxylation sites is 2. The number of carbonyl (C=O) groups excluding carboxylic acids is 1. The van der Waals surface area contributed by atoms with Crippen LogP contribution in [-0.4, -0.2) is 28.3 Å². The molecule has 128 valence electrons. The number of imidazole rings is 1. The molecule has 0 saturated carbocycles. The second kappa shape index (κ2) is 7.17. The number of fused-ring (bicyclic) bond motifs is 1. The molecule has 1 amide bonds. The van der Waals surface area contributed by atoms with Gasteiger partial charge in [-0.15, -0.1) is 0 Å². The fourth-order valence-electron chi connectivity index (χ4n) is 2.63. The van der Waals surface area contributed by atoms with Crippen LogP contribution in [0.2, 0.25) is 0 Å². The molecule has 0 atom stereocenters. The molecule has 1 aromatic heterocycles. The van der Waals surface area contributed by atoms with E-state index in [2.05, 4.69) is 15.5 Å². The first-order valence-electron chi connectivity index (χ1n) is 7.98. The molecule has 0 aliphatic rings. The van der Waals surface area contributed by atoms with Crippen molar-refractivity contribution in [1.82, 2.24) is 15.0 Å². The third kappa shape index (κ3) is 3.68. The van der Waals surface area contributed by atoms with Crippen molar-refractivity contribution in [1.29, 1.82) is 0 Å². The third-order valence-corrected chi connectivity index (χ3v) is 3.98. The molecule has 3 rings (SSSR count). The molecule has 25 heavy (non-hydrogen) atoms. The van der Waals surface area contributed by atoms with Crippen LogP contribution in [0.3, 0.4) is 0 Å². The van der Waals surface area contributed by atoms with Gasteiger partial charge in [-0.05, 0) is 38.1 Å². The van der Waals surface area contributed by atoms with Crippen LogP contribution in [-0.2, 0) is 11.3 Å². The third-order valence-electron chi connectivity index (χ3n) is 3.98. The molecule has 6 nitrogen and oxygen atoms in total. The second-order valence-corrected chi connectivity index (χ2v) is 5.70. The summed E-state index contributed by atoms with van der Waals surface area (Å²) in [4.78, 5) is 16.7. The Morgan fingerprint density at radius 3 is 2.84 bits per heavy atom. The SMILES string of the molecule is COc1cccc(/C(C)=N\NC(=O)Cn2c(C)nc3ccccc32)c1. The van der Waals surface area contributed by atoms with Crippen LogP contribution in [0.1, 0.15) is 18.3 Å². The van der Waals surface area contributed by atoms with Gasteiger partial charge in [-0.1, -0.05) is 24.3 Å². The van der Waals surface area contributed by atoms with Crippen molar-refractivity contribution in [3.05, 3.63) is 59.9 Å². The topological polar surface area (TPSA) is 68.5 Å². The highest BCUT2D eigenvalue weighted by Gasteiger charge is 2.10. The van der Waals surface area contributed by atoms with Crippen molar-refractivity contribution in [3.63, 3.8) is 0 Å². The minimum absolute atomic E-state index is 0.168. The standard InChI is InChI=1S/C19H20N4O2/c1-13(15-7-6-8-16(11-15)25-3)21-22-19(24)12-23-14(2)20-17-9-4-5-10-18(17)23/h4-11H,12H2,1-3H3,(H,22,24)/b21-13-. The first kappa shape index (κ1) is 16.7. The highest BCUT2D eigenvalue weighted by atomic mass is 16.5. The number of hydrazone groups is 1. The molecule has 1 N–H and O–H groups in total. The Labute approximate surface area is 146 Å². The predicted octanol–water partition coefficient (Wildman–Crippen LogP) is 2.89. The largest absolute Gasteiger partial charge is 0.497 e. The van der Waals surface area contributed by atoms with E-state index in [0.717, 1.165) is 28.2 Å². The quantitative estimate of drug-likeness (QED) is 0.575. The lowest BCUT2D eigenvalue weighted by atomic mass is 10.1. The van der Waals surface area contributed by atoms with Gasteiger partial charge in [0.25, 0.3) is 5.91 Å². The van der Waals surface area contributed by atoms with Crippen LogP contribution in [0.15, 0.2) is 53.6 Å². The maximum atomic E-state index is 12.3. The van der Waals surface area contributed by atoms with Crippen molar-refractivity contribution in [2.24, 2.45) is 5.10 Å². The fraction of sp³-hybridized carbons (Fsp3) is 0.211. The summed E-state index contributed by atoms with van der Waals surface area (Å²) in [5, 5.41) is 4.19. The van der Waals surface area contributed by atoms with E-state index < -0.39 is 0 Å². The number of aromatic nitrogens is 2. The van der Waals surface area contributed by atoms with Gasteiger partial charge >= 0.3 is 0 Å². The van der Waals surface area contributed by atoms with Crippen LogP contribution in [0.25, 0.3) is 11.0 Å². The van der Waals surface area contributed by atoms with Crippen LogP contribution in [0.5, 0.6) is 5.75 Å². The number of rotatable bonds is 5. The van der Waals surface area contributed by atoms with Gasteiger partial charge in [0, 0.05) is 5.56 Å². The maximum absolute atomic E-state index is 12.3. The van der Waals surface area contributed by atoms with Crippen LogP contribution in [0.4, 0.5) is 0 Å². The number of benzene rings is 2. The Bertz CT molecular complexity index is 944. The molecule has 0 saturated heterocycles. The molecule has 0 unspecified atom stereocenters. The monoisotopic (exact) mass is 336 g/mol. The average molecular weight is 336 g/mol. The summed E-state index contributed by atoms with van der Waals surface area (Å²) >= 11 is 0. The Kier molecular flexibility index (Phi) is 4.79. The van der Waals surface area contributed by atoms with Crippen LogP contribution in [0, 0.1) is 6.92 Å². The summed E-state index contributed by atoms with van der Waals surface area (Å²) in [6, 6.07) is 15.3. The molecule has 6 heteroatoms. The summed E-state index contributed by atoms with van der Waals surface area (Å²) in [5.41, 5.74) is 6.02. The molecule has 2 aromatic carbocycles. The first-order valence-corrected chi connectivity index (χ1v) is 7.98. The van der Waals surface area contributed by atoms with Crippen molar-refractivity contribution in [2.75, 3.05) is 7.11 Å². The fourth-order valence-corrected chi connectivity index (χ4v) is 2.63. The molecule has 0 aliphatic carbocycles. The molecule has 0 fully saturated rings. The summed E-state index contributed by atoms with van der Waals surface area (Å²) in [7, 11) is 1.62. The predicted molar refractivity (Wildman–Crippen MR) is 97.8 cm³/mol. The molecule has 1 heterocycles. The second-order valence-electron chi connectivity index (χ2n) is 5.70. The minimum Gasteiger partial charge on any atom is -0.497 e. The molecule has 0 bridgehead atoms. The zero-order valence-corrected chi connectivity index (χ0v) is 14.5. The van der Waals surface area contributed by atoms with E-state index in [9.17, 15) is 4.79 Å². The average Bonchev–Trinajstić information content (AvgIpc) is 2.95. The number of aryl methyl sites for hydroxylation is 1. The van der Waals surface area contributed by atoms with Crippen molar-refractivity contribution in [3.8, 4) is 5.75 Å². The zero-order valence-electron chi connectivity index (χ0n) is 14.5. The van der Waals surface area contributed by atoms with Gasteiger partial charge in [-0.3, -0.25) is 4.79 Å². The number of nitrogens with one attached hydrogen (secondary N) is 1. The molecule has 0 spiro atoms. The van der Waals surface area contributed by atoms with Crippen molar-refractivity contribution in [2.45, 2.75) is 20.4 Å². The summed E-state index contributed by atoms with van der Waals surface area (Å²) in [5.74, 6) is 1.34. The minimum atomic E-state index is -0.200. The number of hydrogen-bond donors (Lipinski definition) is 1. The van der Waals surface area contributed by atoms with Gasteiger partial charge in [0.05, 0.1) is 23.9 Å². The Hall–Kier alpha value is -3.15. The molecular weight excluding hydrogens is 316 g/mol. The number of methoxy groups -OCH3 is 1. The van der Waals surface area contributed by atoms with Gasteiger partial charge in [0.15, 0.2) is 0 Å². The summed E-state index contributed by atoms with van der Waals surface area (Å²) < 4.78 is 7.08. The van der Waals surface area contributed by atoms with E-state index in [1.807, 2.05) is 66.9 Å². The van der Waals surface area contributed by atoms with Crippen LogP contribution >= 0.6 is 0 Å². The van der Waals surface area contributed by atoms with E-state index in [1.165, 1.54) is 0 Å². The normalized spacial score (nSPS) is 11.6. The number of ether oxygens (including phenoxy) is 1. The lowest BCUT2D eigenvalue weighted by Crippen LogP contribution is -2.24. The van der Waals surface area contributed by atoms with E-state index in [0.29, 0.717) is 5.71 Å². The Balaban J connectivity index is 1.72. The summed E-state index contributed by atoms with van der Waals surface area (Å²) in [6.07, 6.45) is 0. The smallest absolute Gasteiger partial charge is 0.260 e. The zero-order chi connectivity index (χ0) is 17.8. The van der Waals surface area contributed by atoms with E-state index >= 15 is 0 Å². The van der Waals surface area contributed by atoms with Crippen LogP contribution < -0.4 is 10.2 Å². The van der Waals surface area contributed by atoms with E-state index in [1.54, 1.807) is 7.11 Å². The molecular formula is C19H20N4O2. The molecule has 0 radical (unpaired) electrons. The summed E-state index contributed by atoms with van der Waals surface area (Å²) in [6.45, 7) is 3.90. The number of amides is 1. The van der Waals surface area contributed by atoms with E-state index in [4.69, 9.17) is 4.74 Å². The molecule has 3 aromatic rings. The Morgan fingerprint density at radius 2 is 2.04 bits per heavy atom. The first-order chi connectivity index (χ1) is 12.1. The number of hydrogen-bond acceptors (Lipinski definition) is 4. The van der Waals surface area contributed by atoms with Gasteiger partial charge < -0.3 is 9.30 Å². The van der Waals surface area contributed by atoms with Crippen molar-refractivity contribution < 1.29 is 9.53 Å². The van der Waals surface area contributed by atoms with Gasteiger partial charge in [-0.25, -0.2) is 10.4 Å². The highest BCUT2D eigenvalue weighted by molar-refractivity contribution is 5.99. The van der Waals surface area contributed by atoms with Gasteiger partial charge in [0.1, 0.15) is 18.1 Å². The van der Waals surface area contributed by atoms with Gasteiger partial charge in [-0.2, -0.15) is 5.10 Å². The Morgan fingerprint density at radius 1 is 1.24 bits per heavy atom. The number of nitrogens with zero attached hydrogens (tertiary/aromatic N) is 3. The lowest BCUT2D eigenvalue weighted by Gasteiger charge is -2.07. The van der Waals surface area contributed by atoms with Gasteiger partial charge in [0.2, 0.25) is 0 Å². The lowest BCUT2D eigenvalue weighted by molar-refractivity contribution is -0.121.